The Morgan fingerprint density at radius 3 is 2.59 bits per heavy atom. The second-order valence-corrected chi connectivity index (χ2v) is 9.38. The van der Waals surface area contributed by atoms with Crippen LogP contribution in [0.3, 0.4) is 0 Å². The zero-order valence-electron chi connectivity index (χ0n) is 20.0. The lowest BCUT2D eigenvalue weighted by atomic mass is 9.75. The second-order valence-electron chi connectivity index (χ2n) is 9.38. The molecule has 0 radical (unpaired) electrons. The van der Waals surface area contributed by atoms with Gasteiger partial charge in [-0.1, -0.05) is 13.5 Å². The van der Waals surface area contributed by atoms with Crippen LogP contribution in [0.1, 0.15) is 57.3 Å². The lowest BCUT2D eigenvalue weighted by Crippen LogP contribution is -2.51. The molecule has 1 fully saturated rings. The quantitative estimate of drug-likeness (QED) is 0.321. The number of hydrogen-bond donors (Lipinski definition) is 1. The van der Waals surface area contributed by atoms with Crippen molar-refractivity contribution < 1.29 is 38.3 Å². The van der Waals surface area contributed by atoms with Crippen LogP contribution < -0.4 is 9.47 Å². The Hall–Kier alpha value is -2.24. The van der Waals surface area contributed by atoms with Crippen LogP contribution in [0.15, 0.2) is 30.2 Å². The number of fused-ring (bicyclic) bond motifs is 2. The fourth-order valence-corrected chi connectivity index (χ4v) is 4.80. The third kappa shape index (κ3) is 5.21. The molecule has 0 spiro atoms. The van der Waals surface area contributed by atoms with E-state index in [-0.39, 0.29) is 31.3 Å². The standard InChI is InChI=1S/C24H33NO9/c1-6-28-10-15-7-13(2)16-8-18-19(30-12-29-18)9-17(16)21(15)33-23(22(26)25-27)32-20-11-31-24(4,5)34-14(20)3/h6,8-9,13-15,20-23,26H,1,7,10-12H2,2-5H3. The molecule has 2 heterocycles. The molecule has 2 aliphatic heterocycles. The van der Waals surface area contributed by atoms with Crippen LogP contribution in [0, 0.1) is 10.8 Å². The summed E-state index contributed by atoms with van der Waals surface area (Å²) in [5, 5.41) is 13.2. The second kappa shape index (κ2) is 10.2. The Bertz CT molecular complexity index is 891. The van der Waals surface area contributed by atoms with Gasteiger partial charge in [0.05, 0.1) is 31.7 Å². The van der Waals surface area contributed by atoms with Gasteiger partial charge < -0.3 is 38.3 Å². The first kappa shape index (κ1) is 24.9. The molecule has 10 heteroatoms. The van der Waals surface area contributed by atoms with Crippen molar-refractivity contribution in [3.8, 4) is 11.5 Å². The zero-order valence-corrected chi connectivity index (χ0v) is 20.0. The fraction of sp³-hybridized carbons (Fsp3) is 0.667. The highest BCUT2D eigenvalue weighted by Gasteiger charge is 2.42. The molecular weight excluding hydrogens is 446 g/mol. The van der Waals surface area contributed by atoms with Crippen molar-refractivity contribution in [2.24, 2.45) is 11.1 Å². The van der Waals surface area contributed by atoms with Gasteiger partial charge in [0.2, 0.25) is 19.3 Å². The van der Waals surface area contributed by atoms with E-state index in [4.69, 9.17) is 33.2 Å². The summed E-state index contributed by atoms with van der Waals surface area (Å²) in [6.07, 6.45) is -2.48. The molecule has 10 nitrogen and oxygen atoms in total. The predicted molar refractivity (Wildman–Crippen MR) is 120 cm³/mol. The van der Waals surface area contributed by atoms with Gasteiger partial charge in [-0.05, 0) is 61.5 Å². The van der Waals surface area contributed by atoms with Crippen LogP contribution in [0.4, 0.5) is 0 Å². The maximum absolute atomic E-state index is 11.3. The van der Waals surface area contributed by atoms with E-state index in [1.807, 2.05) is 32.9 Å². The first-order valence-corrected chi connectivity index (χ1v) is 11.5. The number of ether oxygens (including phenoxy) is 7. The normalized spacial score (nSPS) is 31.3. The maximum Gasteiger partial charge on any atom is 0.238 e. The monoisotopic (exact) mass is 479 g/mol. The number of aliphatic hydroxyl groups excluding tert-OH is 1. The molecule has 0 saturated carbocycles. The van der Waals surface area contributed by atoms with Crippen molar-refractivity contribution in [3.63, 3.8) is 0 Å². The van der Waals surface area contributed by atoms with Gasteiger partial charge in [-0.2, -0.15) is 0 Å². The molecular formula is C24H33NO9. The average molecular weight is 480 g/mol. The van der Waals surface area contributed by atoms with Gasteiger partial charge in [-0.15, -0.1) is 4.91 Å². The van der Waals surface area contributed by atoms with Crippen molar-refractivity contribution in [1.29, 1.82) is 0 Å². The van der Waals surface area contributed by atoms with E-state index in [0.717, 1.165) is 17.5 Å². The van der Waals surface area contributed by atoms with Crippen molar-refractivity contribution >= 4 is 0 Å². The van der Waals surface area contributed by atoms with Gasteiger partial charge in [-0.3, -0.25) is 0 Å². The topological polar surface area (TPSA) is 114 Å². The van der Waals surface area contributed by atoms with Gasteiger partial charge >= 0.3 is 0 Å². The summed E-state index contributed by atoms with van der Waals surface area (Å²) in [5.74, 6) is 0.618. The largest absolute Gasteiger partial charge is 0.501 e. The Kier molecular flexibility index (Phi) is 7.44. The number of nitrogens with zero attached hydrogens (tertiary/aromatic N) is 1. The van der Waals surface area contributed by atoms with Crippen LogP contribution in [0.5, 0.6) is 11.5 Å². The molecule has 34 heavy (non-hydrogen) atoms. The highest BCUT2D eigenvalue weighted by atomic mass is 16.8. The molecule has 1 saturated heterocycles. The summed E-state index contributed by atoms with van der Waals surface area (Å²) in [4.78, 5) is 11.3. The smallest absolute Gasteiger partial charge is 0.238 e. The summed E-state index contributed by atoms with van der Waals surface area (Å²) in [5.41, 5.74) is 1.90. The van der Waals surface area contributed by atoms with Gasteiger partial charge in [-0.25, -0.2) is 0 Å². The van der Waals surface area contributed by atoms with E-state index in [1.54, 1.807) is 0 Å². The lowest BCUT2D eigenvalue weighted by molar-refractivity contribution is -0.338. The first-order chi connectivity index (χ1) is 16.2. The SMILES string of the molecule is C=COCC1CC(C)c2cc3c(cc2C1OC(OC1COC(C)(C)OC1C)C(O)N=O)OCO3. The molecule has 0 bridgehead atoms. The third-order valence-corrected chi connectivity index (χ3v) is 6.46. The molecule has 1 aromatic carbocycles. The third-order valence-electron chi connectivity index (χ3n) is 6.46. The van der Waals surface area contributed by atoms with Crippen molar-refractivity contribution in [2.45, 2.75) is 76.7 Å². The predicted octanol–water partition coefficient (Wildman–Crippen LogP) is 3.72. The minimum Gasteiger partial charge on any atom is -0.501 e. The van der Waals surface area contributed by atoms with E-state index in [9.17, 15) is 10.0 Å². The van der Waals surface area contributed by atoms with E-state index in [2.05, 4.69) is 18.7 Å². The van der Waals surface area contributed by atoms with Gasteiger partial charge in [0.15, 0.2) is 17.3 Å². The highest BCUT2D eigenvalue weighted by molar-refractivity contribution is 5.51. The Labute approximate surface area is 199 Å². The summed E-state index contributed by atoms with van der Waals surface area (Å²) in [6, 6.07) is 3.84. The average Bonchev–Trinajstić information content (AvgIpc) is 3.26. The van der Waals surface area contributed by atoms with Crippen LogP contribution in [0.2, 0.25) is 0 Å². The Morgan fingerprint density at radius 1 is 1.24 bits per heavy atom. The maximum atomic E-state index is 11.3. The fourth-order valence-electron chi connectivity index (χ4n) is 4.80. The minimum absolute atomic E-state index is 0.110. The molecule has 0 amide bonds. The summed E-state index contributed by atoms with van der Waals surface area (Å²) < 4.78 is 40.5. The van der Waals surface area contributed by atoms with Crippen LogP contribution >= 0.6 is 0 Å². The molecule has 1 aromatic rings. The molecule has 188 valence electrons. The lowest BCUT2D eigenvalue weighted by Gasteiger charge is -2.42. The summed E-state index contributed by atoms with van der Waals surface area (Å²) in [6.45, 7) is 11.9. The molecule has 1 N–H and O–H groups in total. The van der Waals surface area contributed by atoms with Gasteiger partial charge in [0.1, 0.15) is 6.10 Å². The van der Waals surface area contributed by atoms with Gasteiger partial charge in [0, 0.05) is 5.92 Å². The molecule has 7 atom stereocenters. The van der Waals surface area contributed by atoms with E-state index >= 15 is 0 Å². The van der Waals surface area contributed by atoms with Crippen molar-refractivity contribution in [1.82, 2.24) is 0 Å². The van der Waals surface area contributed by atoms with Crippen LogP contribution in [-0.4, -0.2) is 55.6 Å². The molecule has 1 aliphatic carbocycles. The van der Waals surface area contributed by atoms with Crippen LogP contribution in [-0.2, 0) is 23.7 Å². The summed E-state index contributed by atoms with van der Waals surface area (Å²) >= 11 is 0. The number of hydrogen-bond acceptors (Lipinski definition) is 10. The molecule has 4 rings (SSSR count). The first-order valence-electron chi connectivity index (χ1n) is 11.5. The van der Waals surface area contributed by atoms with Crippen LogP contribution in [0.25, 0.3) is 0 Å². The van der Waals surface area contributed by atoms with Crippen molar-refractivity contribution in [3.05, 3.63) is 41.0 Å². The number of rotatable bonds is 9. The Morgan fingerprint density at radius 2 is 1.94 bits per heavy atom. The van der Waals surface area contributed by atoms with E-state index in [0.29, 0.717) is 18.1 Å². The number of aliphatic hydroxyl groups is 1. The molecule has 0 aromatic heterocycles. The molecule has 7 unspecified atom stereocenters. The van der Waals surface area contributed by atoms with E-state index < -0.39 is 30.5 Å². The number of nitroso groups, excluding NO2 is 1. The van der Waals surface area contributed by atoms with E-state index in [1.165, 1.54) is 6.26 Å². The van der Waals surface area contributed by atoms with Gasteiger partial charge in [0.25, 0.3) is 0 Å². The summed E-state index contributed by atoms with van der Waals surface area (Å²) in [7, 11) is 0. The van der Waals surface area contributed by atoms with Crippen molar-refractivity contribution in [2.75, 3.05) is 20.0 Å². The Balaban J connectivity index is 1.62. The highest BCUT2D eigenvalue weighted by Crippen LogP contribution is 2.49. The number of benzene rings is 1. The molecule has 3 aliphatic rings. The zero-order chi connectivity index (χ0) is 24.5. The minimum atomic E-state index is -1.75.